The Kier molecular flexibility index (Phi) is 4.54. The fourth-order valence-corrected chi connectivity index (χ4v) is 13.1. The van der Waals surface area contributed by atoms with Crippen LogP contribution in [0.1, 0.15) is 11.1 Å². The molecule has 0 nitrogen and oxygen atoms in total. The Morgan fingerprint density at radius 3 is 2.25 bits per heavy atom. The van der Waals surface area contributed by atoms with Gasteiger partial charge in [0.1, 0.15) is 0 Å². The molecule has 0 heterocycles. The van der Waals surface area contributed by atoms with Gasteiger partial charge in [0.2, 0.25) is 0 Å². The van der Waals surface area contributed by atoms with E-state index in [2.05, 4.69) is 43.0 Å². The Balaban J connectivity index is 3.23. The predicted molar refractivity (Wildman–Crippen MR) is 64.2 cm³/mol. The molecule has 1 aromatic carbocycles. The first-order valence-corrected chi connectivity index (χ1v) is 25.7. The molecular formula is C8H8Br2ClTl. The average molecular weight is 504 g/mol. The average Bonchev–Trinajstić information content (AvgIpc) is 1.96. The zero-order chi connectivity index (χ0) is 9.30. The van der Waals surface area contributed by atoms with Crippen LogP contribution in [-0.2, 0) is 0 Å². The molecule has 0 N–H and O–H groups in total. The van der Waals surface area contributed by atoms with Crippen molar-refractivity contribution in [3.8, 4) is 0 Å². The zero-order valence-corrected chi connectivity index (χ0v) is 15.3. The van der Waals surface area contributed by atoms with Crippen molar-refractivity contribution >= 4 is 56.6 Å². The van der Waals surface area contributed by atoms with Crippen LogP contribution < -0.4 is 3.12 Å². The second kappa shape index (κ2) is 4.75. The molecule has 64 valence electrons. The third-order valence-electron chi connectivity index (χ3n) is 1.78. The van der Waals surface area contributed by atoms with Crippen LogP contribution in [-0.4, -0.2) is 17.9 Å². The van der Waals surface area contributed by atoms with E-state index in [0.29, 0.717) is 0 Å². The van der Waals surface area contributed by atoms with Gasteiger partial charge in [-0.1, -0.05) is 0 Å². The number of aryl methyl sites for hydroxylation is 2. The summed E-state index contributed by atoms with van der Waals surface area (Å²) in [5.41, 5.74) is 2.50. The van der Waals surface area contributed by atoms with Crippen molar-refractivity contribution in [3.63, 3.8) is 0 Å². The minimum atomic E-state index is -1.83. The van der Waals surface area contributed by atoms with Crippen LogP contribution in [0, 0.1) is 13.8 Å². The molecule has 0 amide bonds. The predicted octanol–water partition coefficient (Wildman–Crippen LogP) is 3.44. The third-order valence-corrected chi connectivity index (χ3v) is 15.1. The molecule has 0 aliphatic carbocycles. The summed E-state index contributed by atoms with van der Waals surface area (Å²) in [7, 11) is 0. The zero-order valence-electron chi connectivity index (χ0n) is 6.87. The van der Waals surface area contributed by atoms with Crippen LogP contribution in [0.5, 0.6) is 0 Å². The second-order valence-electron chi connectivity index (χ2n) is 2.76. The molecule has 1 aromatic rings. The van der Waals surface area contributed by atoms with Crippen LogP contribution in [0.25, 0.3) is 0 Å². The van der Waals surface area contributed by atoms with Crippen LogP contribution >= 0.6 is 35.6 Å². The topological polar surface area (TPSA) is 0 Å². The van der Waals surface area contributed by atoms with E-state index in [9.17, 15) is 0 Å². The number of hydrogen-bond acceptors (Lipinski definition) is 0. The fourth-order valence-electron chi connectivity index (χ4n) is 1.08. The van der Waals surface area contributed by atoms with E-state index in [0.717, 1.165) is 10.6 Å². The summed E-state index contributed by atoms with van der Waals surface area (Å²) in [5.74, 6) is 0. The van der Waals surface area contributed by atoms with Crippen molar-refractivity contribution in [2.75, 3.05) is 0 Å². The van der Waals surface area contributed by atoms with Gasteiger partial charge in [0.05, 0.1) is 0 Å². The van der Waals surface area contributed by atoms with E-state index >= 15 is 0 Å². The first-order valence-electron chi connectivity index (χ1n) is 3.57. The van der Waals surface area contributed by atoms with Crippen LogP contribution in [0.3, 0.4) is 0 Å². The monoisotopic (exact) mass is 502 g/mol. The van der Waals surface area contributed by atoms with Gasteiger partial charge in [-0.15, -0.1) is 0 Å². The molecule has 0 radical (unpaired) electrons. The Morgan fingerprint density at radius 2 is 1.75 bits per heavy atom. The molecule has 0 saturated carbocycles. The molecule has 0 aliphatic rings. The SMILES string of the molecule is Cc1cc(C)[c]([Tl]([Br])[Br])cc1Cl. The number of benzene rings is 1. The molecule has 0 aliphatic heterocycles. The first kappa shape index (κ1) is 11.5. The van der Waals surface area contributed by atoms with Crippen LogP contribution in [0.4, 0.5) is 0 Å². The molecule has 0 fully saturated rings. The molecule has 12 heavy (non-hydrogen) atoms. The Morgan fingerprint density at radius 1 is 1.17 bits per heavy atom. The van der Waals surface area contributed by atoms with Crippen molar-refractivity contribution in [2.45, 2.75) is 13.8 Å². The number of hydrogen-bond donors (Lipinski definition) is 0. The second-order valence-corrected chi connectivity index (χ2v) is 34.8. The molecule has 1 rings (SSSR count). The van der Waals surface area contributed by atoms with Gasteiger partial charge >= 0.3 is 98.7 Å². The molecule has 0 bridgehead atoms. The van der Waals surface area contributed by atoms with Gasteiger partial charge in [-0.05, 0) is 0 Å². The van der Waals surface area contributed by atoms with Crippen molar-refractivity contribution < 1.29 is 0 Å². The van der Waals surface area contributed by atoms with E-state index in [1.165, 1.54) is 8.69 Å². The summed E-state index contributed by atoms with van der Waals surface area (Å²) in [6.07, 6.45) is 0. The fraction of sp³-hybridized carbons (Fsp3) is 0.250. The standard InChI is InChI=1S/C8H8Cl.2BrH.Tl/c1-6-3-4-8(9)7(2)5-6;;;/h4-5H,1-2H3;2*1H;/q;;;+2/p-2. The minimum absolute atomic E-state index is 0.875. The van der Waals surface area contributed by atoms with Crippen molar-refractivity contribution in [1.82, 2.24) is 0 Å². The summed E-state index contributed by atoms with van der Waals surface area (Å²) >= 11 is 11.5. The Labute approximate surface area is 97.4 Å². The number of halogens is 3. The van der Waals surface area contributed by atoms with Crippen molar-refractivity contribution in [3.05, 3.63) is 28.3 Å². The quantitative estimate of drug-likeness (QED) is 0.515. The maximum atomic E-state index is 6.02. The van der Waals surface area contributed by atoms with Gasteiger partial charge in [-0.25, -0.2) is 0 Å². The summed E-state index contributed by atoms with van der Waals surface area (Å²) in [4.78, 5) is 0. The van der Waals surface area contributed by atoms with Crippen molar-refractivity contribution in [1.29, 1.82) is 0 Å². The van der Waals surface area contributed by atoms with Gasteiger partial charge < -0.3 is 0 Å². The van der Waals surface area contributed by atoms with Gasteiger partial charge in [-0.3, -0.25) is 0 Å². The summed E-state index contributed by atoms with van der Waals surface area (Å²) in [6.45, 7) is 4.17. The molecule has 0 spiro atoms. The summed E-state index contributed by atoms with van der Waals surface area (Å²) < 4.78 is 1.41. The number of rotatable bonds is 1. The maximum absolute atomic E-state index is 6.02. The first-order chi connectivity index (χ1) is 5.52. The molecule has 0 saturated heterocycles. The van der Waals surface area contributed by atoms with Crippen molar-refractivity contribution in [2.24, 2.45) is 0 Å². The van der Waals surface area contributed by atoms with Gasteiger partial charge in [0.15, 0.2) is 0 Å². The van der Waals surface area contributed by atoms with Crippen LogP contribution in [0.2, 0.25) is 5.02 Å². The third kappa shape index (κ3) is 2.69. The van der Waals surface area contributed by atoms with Gasteiger partial charge in [-0.2, -0.15) is 0 Å². The molecular weight excluding hydrogens is 496 g/mol. The molecule has 4 heteroatoms. The molecule has 0 unspecified atom stereocenters. The Hall–Kier alpha value is 1.39. The van der Waals surface area contributed by atoms with Gasteiger partial charge in [0, 0.05) is 0 Å². The van der Waals surface area contributed by atoms with E-state index in [1.807, 2.05) is 6.92 Å². The molecule has 0 aromatic heterocycles. The Bertz CT molecular complexity index is 299. The summed E-state index contributed by atoms with van der Waals surface area (Å²) in [5, 5.41) is 0.875. The van der Waals surface area contributed by atoms with Crippen LogP contribution in [0.15, 0.2) is 12.1 Å². The summed E-state index contributed by atoms with van der Waals surface area (Å²) in [6, 6.07) is 4.23. The van der Waals surface area contributed by atoms with E-state index < -0.39 is 17.9 Å². The normalized spacial score (nSPS) is 10.1. The van der Waals surface area contributed by atoms with Gasteiger partial charge in [0.25, 0.3) is 0 Å². The molecule has 0 atom stereocenters. The van der Waals surface area contributed by atoms with E-state index in [-0.39, 0.29) is 0 Å². The van der Waals surface area contributed by atoms with E-state index in [1.54, 1.807) is 0 Å². The van der Waals surface area contributed by atoms with E-state index in [4.69, 9.17) is 11.6 Å².